The Balaban J connectivity index is 2.36. The molecule has 1 unspecified atom stereocenters. The van der Waals surface area contributed by atoms with E-state index in [-0.39, 0.29) is 29.5 Å². The van der Waals surface area contributed by atoms with E-state index in [0.717, 1.165) is 5.69 Å². The maximum absolute atomic E-state index is 12.6. The summed E-state index contributed by atoms with van der Waals surface area (Å²) in [4.78, 5) is 16.7. The van der Waals surface area contributed by atoms with E-state index in [1.54, 1.807) is 33.0 Å². The number of halogens is 1. The van der Waals surface area contributed by atoms with Crippen LogP contribution in [0, 0.1) is 0 Å². The number of carbonyl (C=O) groups excluding carboxylic acids is 1. The Morgan fingerprint density at radius 2 is 1.82 bits per heavy atom. The minimum absolute atomic E-state index is 0.00410. The molecule has 190 valence electrons. The molecule has 0 aliphatic carbocycles. The average Bonchev–Trinajstić information content (AvgIpc) is 3.12. The van der Waals surface area contributed by atoms with Crippen molar-refractivity contribution in [3.8, 4) is 11.5 Å². The predicted molar refractivity (Wildman–Crippen MR) is 137 cm³/mol. The number of hydrogen-bond acceptors (Lipinski definition) is 8. The number of alkyl carbamates (subject to hydrolysis) is 1. The minimum Gasteiger partial charge on any atom is -0.444 e. The molecule has 0 spiro atoms. The number of anilines is 1. The summed E-state index contributed by atoms with van der Waals surface area (Å²) in [6, 6.07) is 1.17. The molecule has 9 nitrogen and oxygen atoms in total. The van der Waals surface area contributed by atoms with Crippen LogP contribution in [0.25, 0.3) is 11.5 Å². The van der Waals surface area contributed by atoms with Gasteiger partial charge in [0.2, 0.25) is 5.89 Å². The molecule has 0 aliphatic rings. The summed E-state index contributed by atoms with van der Waals surface area (Å²) in [6.45, 7) is 20.3. The highest BCUT2D eigenvalue weighted by atomic mass is 35.5. The first-order valence-corrected chi connectivity index (χ1v) is 14.7. The van der Waals surface area contributed by atoms with Gasteiger partial charge >= 0.3 is 6.09 Å². The third-order valence-electron chi connectivity index (χ3n) is 5.39. The smallest absolute Gasteiger partial charge is 0.408 e. The van der Waals surface area contributed by atoms with Gasteiger partial charge in [-0.15, -0.1) is 10.2 Å². The molecule has 2 N–H and O–H groups in total. The lowest BCUT2D eigenvalue weighted by Crippen LogP contribution is -2.44. The van der Waals surface area contributed by atoms with Crippen molar-refractivity contribution in [3.63, 3.8) is 0 Å². The Morgan fingerprint density at radius 3 is 2.38 bits per heavy atom. The largest absolute Gasteiger partial charge is 0.444 e. The second-order valence-corrected chi connectivity index (χ2v) is 16.3. The van der Waals surface area contributed by atoms with Crippen molar-refractivity contribution in [2.45, 2.75) is 91.2 Å². The van der Waals surface area contributed by atoms with Crippen LogP contribution in [0.15, 0.2) is 16.7 Å². The molecular formula is C23H38ClN5O4Si. The van der Waals surface area contributed by atoms with Crippen LogP contribution in [0.1, 0.15) is 67.3 Å². The number of rotatable bonds is 8. The molecule has 0 fully saturated rings. The van der Waals surface area contributed by atoms with Gasteiger partial charge in [0.05, 0.1) is 17.9 Å². The Hall–Kier alpha value is -2.17. The van der Waals surface area contributed by atoms with Gasteiger partial charge in [0.15, 0.2) is 8.32 Å². The number of nitrogens with zero attached hydrogens (tertiary/aromatic N) is 3. The second kappa shape index (κ2) is 10.6. The number of nitrogens with one attached hydrogen (secondary N) is 2. The van der Waals surface area contributed by atoms with Crippen molar-refractivity contribution in [3.05, 3.63) is 23.3 Å². The van der Waals surface area contributed by atoms with Crippen LogP contribution in [-0.4, -0.2) is 47.8 Å². The minimum atomic E-state index is -2.11. The monoisotopic (exact) mass is 511 g/mol. The number of pyridine rings is 1. The van der Waals surface area contributed by atoms with Gasteiger partial charge in [-0.2, -0.15) is 0 Å². The summed E-state index contributed by atoms with van der Waals surface area (Å²) >= 11 is 6.08. The quantitative estimate of drug-likeness (QED) is 0.318. The van der Waals surface area contributed by atoms with Crippen LogP contribution in [0.4, 0.5) is 10.5 Å². The van der Waals surface area contributed by atoms with Crippen molar-refractivity contribution < 1.29 is 18.4 Å². The zero-order valence-electron chi connectivity index (χ0n) is 21.9. The van der Waals surface area contributed by atoms with E-state index in [2.05, 4.69) is 59.7 Å². The Labute approximate surface area is 208 Å². The van der Waals surface area contributed by atoms with E-state index in [1.807, 2.05) is 13.8 Å². The lowest BCUT2D eigenvalue weighted by molar-refractivity contribution is 0.0473. The van der Waals surface area contributed by atoms with Crippen molar-refractivity contribution in [1.29, 1.82) is 0 Å². The fourth-order valence-corrected chi connectivity index (χ4v) is 3.82. The molecule has 0 saturated heterocycles. The lowest BCUT2D eigenvalue weighted by Gasteiger charge is -2.37. The molecule has 2 heterocycles. The van der Waals surface area contributed by atoms with Crippen molar-refractivity contribution in [1.82, 2.24) is 20.5 Å². The molecule has 0 aromatic carbocycles. The summed E-state index contributed by atoms with van der Waals surface area (Å²) in [5.41, 5.74) is 0.680. The van der Waals surface area contributed by atoms with E-state index >= 15 is 0 Å². The van der Waals surface area contributed by atoms with Crippen LogP contribution >= 0.6 is 11.6 Å². The molecule has 11 heteroatoms. The van der Waals surface area contributed by atoms with Gasteiger partial charge < -0.3 is 24.2 Å². The summed E-state index contributed by atoms with van der Waals surface area (Å²) in [6.07, 6.45) is 0.985. The molecule has 2 aromatic rings. The molecule has 0 aliphatic heterocycles. The number of amides is 1. The van der Waals surface area contributed by atoms with E-state index in [0.29, 0.717) is 10.7 Å². The molecule has 1 atom stereocenters. The first-order chi connectivity index (χ1) is 15.5. The van der Waals surface area contributed by atoms with Gasteiger partial charge in [-0.25, -0.2) is 9.78 Å². The molecule has 0 radical (unpaired) electrons. The Morgan fingerprint density at radius 1 is 1.18 bits per heavy atom. The third-order valence-corrected chi connectivity index (χ3v) is 10.1. The van der Waals surface area contributed by atoms with Gasteiger partial charge in [0.1, 0.15) is 16.8 Å². The highest BCUT2D eigenvalue weighted by Crippen LogP contribution is 2.37. The molecule has 0 bridgehead atoms. The van der Waals surface area contributed by atoms with Gasteiger partial charge in [-0.3, -0.25) is 0 Å². The zero-order valence-corrected chi connectivity index (χ0v) is 23.6. The summed E-state index contributed by atoms with van der Waals surface area (Å²) in [7, 11) is -2.11. The lowest BCUT2D eigenvalue weighted by atomic mass is 10.2. The first kappa shape index (κ1) is 28.1. The SMILES string of the molecule is CC(C)Nc1cc(Cl)ncc1-c1nnc(C(CO[Si](C)(C)C(C)(C)C)NC(=O)OC(C)(C)C)o1. The zero-order chi connectivity index (χ0) is 25.9. The van der Waals surface area contributed by atoms with E-state index in [4.69, 9.17) is 25.2 Å². The van der Waals surface area contributed by atoms with Gasteiger partial charge in [-0.05, 0) is 58.8 Å². The van der Waals surface area contributed by atoms with Crippen molar-refractivity contribution in [2.75, 3.05) is 11.9 Å². The van der Waals surface area contributed by atoms with Crippen LogP contribution < -0.4 is 10.6 Å². The molecule has 2 rings (SSSR count). The number of carbonyl (C=O) groups is 1. The van der Waals surface area contributed by atoms with Crippen molar-refractivity contribution in [2.24, 2.45) is 0 Å². The maximum Gasteiger partial charge on any atom is 0.408 e. The van der Waals surface area contributed by atoms with Gasteiger partial charge in [0, 0.05) is 12.2 Å². The average molecular weight is 512 g/mol. The fraction of sp³-hybridized carbons (Fsp3) is 0.652. The number of hydrogen-bond donors (Lipinski definition) is 2. The van der Waals surface area contributed by atoms with Gasteiger partial charge in [0.25, 0.3) is 5.89 Å². The Kier molecular flexibility index (Phi) is 8.76. The van der Waals surface area contributed by atoms with Crippen LogP contribution in [0.5, 0.6) is 0 Å². The number of ether oxygens (including phenoxy) is 1. The van der Waals surface area contributed by atoms with Crippen LogP contribution in [-0.2, 0) is 9.16 Å². The molecule has 2 aromatic heterocycles. The third kappa shape index (κ3) is 7.95. The maximum atomic E-state index is 12.6. The van der Waals surface area contributed by atoms with Crippen LogP contribution in [0.2, 0.25) is 23.3 Å². The topological polar surface area (TPSA) is 111 Å². The van der Waals surface area contributed by atoms with E-state index in [1.165, 1.54) is 0 Å². The van der Waals surface area contributed by atoms with Crippen molar-refractivity contribution >= 4 is 31.7 Å². The van der Waals surface area contributed by atoms with E-state index < -0.39 is 26.1 Å². The molecule has 1 amide bonds. The number of aromatic nitrogens is 3. The normalized spacial score (nSPS) is 13.6. The highest BCUT2D eigenvalue weighted by molar-refractivity contribution is 6.74. The van der Waals surface area contributed by atoms with E-state index in [9.17, 15) is 4.79 Å². The molecular weight excluding hydrogens is 474 g/mol. The van der Waals surface area contributed by atoms with Gasteiger partial charge in [-0.1, -0.05) is 32.4 Å². The highest BCUT2D eigenvalue weighted by Gasteiger charge is 2.38. The Bertz CT molecular complexity index is 982. The summed E-state index contributed by atoms with van der Waals surface area (Å²) in [5.74, 6) is 0.468. The molecule has 0 saturated carbocycles. The second-order valence-electron chi connectivity index (χ2n) is 11.1. The van der Waals surface area contributed by atoms with Crippen LogP contribution in [0.3, 0.4) is 0 Å². The summed E-state index contributed by atoms with van der Waals surface area (Å²) in [5, 5.41) is 14.9. The molecule has 34 heavy (non-hydrogen) atoms. The standard InChI is InChI=1S/C23H38ClN5O4Si/c1-14(2)26-16-11-18(24)25-12-15(16)19-28-29-20(32-19)17(27-21(30)33-22(3,4)5)13-31-34(9,10)23(6,7)8/h11-12,14,17H,13H2,1-10H3,(H,25,26)(H,27,30). The summed E-state index contributed by atoms with van der Waals surface area (Å²) < 4.78 is 17.8. The fourth-order valence-electron chi connectivity index (χ4n) is 2.65. The first-order valence-electron chi connectivity index (χ1n) is 11.4. The predicted octanol–water partition coefficient (Wildman–Crippen LogP) is 6.19.